The van der Waals surface area contributed by atoms with E-state index in [1.54, 1.807) is 12.1 Å². The fraction of sp³-hybridized carbons (Fsp3) is 0.500. The van der Waals surface area contributed by atoms with Gasteiger partial charge >= 0.3 is 0 Å². The summed E-state index contributed by atoms with van der Waals surface area (Å²) in [7, 11) is 0. The Labute approximate surface area is 121 Å². The van der Waals surface area contributed by atoms with Gasteiger partial charge in [0, 0.05) is 37.1 Å². The predicted octanol–water partition coefficient (Wildman–Crippen LogP) is 2.46. The van der Waals surface area contributed by atoms with E-state index in [0.29, 0.717) is 6.42 Å². The van der Waals surface area contributed by atoms with E-state index in [2.05, 4.69) is 26.1 Å². The molecule has 2 rings (SSSR count). The van der Waals surface area contributed by atoms with Gasteiger partial charge in [-0.15, -0.1) is 0 Å². The molecule has 1 aliphatic rings. The summed E-state index contributed by atoms with van der Waals surface area (Å²) >= 11 is 3.26. The molecule has 1 heterocycles. The van der Waals surface area contributed by atoms with E-state index < -0.39 is 5.82 Å². The first-order valence-electron chi connectivity index (χ1n) is 6.58. The molecular weight excluding hydrogens is 311 g/mol. The Morgan fingerprint density at radius 1 is 1.37 bits per heavy atom. The lowest BCUT2D eigenvalue weighted by Crippen LogP contribution is -2.43. The minimum Gasteiger partial charge on any atom is -0.314 e. The van der Waals surface area contributed by atoms with Gasteiger partial charge in [0.25, 0.3) is 0 Å². The summed E-state index contributed by atoms with van der Waals surface area (Å²) in [5.41, 5.74) is 0.190. The van der Waals surface area contributed by atoms with Gasteiger partial charge in [-0.05, 0) is 31.2 Å². The van der Waals surface area contributed by atoms with Crippen LogP contribution in [0.2, 0.25) is 0 Å². The predicted molar refractivity (Wildman–Crippen MR) is 77.0 cm³/mol. The molecule has 1 saturated heterocycles. The lowest BCUT2D eigenvalue weighted by molar-refractivity contribution is 0.0969. The highest BCUT2D eigenvalue weighted by atomic mass is 79.9. The van der Waals surface area contributed by atoms with Crippen LogP contribution in [0.15, 0.2) is 22.7 Å². The van der Waals surface area contributed by atoms with E-state index in [9.17, 15) is 9.18 Å². The fourth-order valence-corrected chi connectivity index (χ4v) is 2.60. The zero-order valence-electron chi connectivity index (χ0n) is 10.8. The van der Waals surface area contributed by atoms with Crippen molar-refractivity contribution in [3.8, 4) is 0 Å². The monoisotopic (exact) mass is 328 g/mol. The van der Waals surface area contributed by atoms with Crippen molar-refractivity contribution < 1.29 is 9.18 Å². The van der Waals surface area contributed by atoms with Crippen molar-refractivity contribution in [2.24, 2.45) is 0 Å². The number of rotatable bonds is 5. The molecule has 1 aromatic rings. The van der Waals surface area contributed by atoms with Gasteiger partial charge in [-0.25, -0.2) is 4.39 Å². The van der Waals surface area contributed by atoms with E-state index in [0.717, 1.165) is 43.6 Å². The molecule has 0 radical (unpaired) electrons. The van der Waals surface area contributed by atoms with E-state index in [4.69, 9.17) is 0 Å². The summed E-state index contributed by atoms with van der Waals surface area (Å²) in [5, 5.41) is 3.29. The molecular formula is C14H18BrFN2O. The van der Waals surface area contributed by atoms with Gasteiger partial charge < -0.3 is 10.2 Å². The maximum atomic E-state index is 13.5. The number of hydrogen-bond donors (Lipinski definition) is 1. The molecule has 0 aromatic heterocycles. The number of Topliss-reactive ketones (excluding diaryl/α,β-unsaturated/α-hetero) is 1. The number of carbonyl (C=O) groups is 1. The number of nitrogens with one attached hydrogen (secondary N) is 1. The summed E-state index contributed by atoms with van der Waals surface area (Å²) in [5.74, 6) is -0.552. The third-order valence-electron chi connectivity index (χ3n) is 3.32. The van der Waals surface area contributed by atoms with Gasteiger partial charge in [-0.2, -0.15) is 0 Å². The number of ketones is 1. The third kappa shape index (κ3) is 4.37. The van der Waals surface area contributed by atoms with Crippen LogP contribution < -0.4 is 5.32 Å². The summed E-state index contributed by atoms with van der Waals surface area (Å²) in [6.07, 6.45) is 1.18. The molecule has 0 aliphatic carbocycles. The van der Waals surface area contributed by atoms with Crippen LogP contribution in [0.3, 0.4) is 0 Å². The second kappa shape index (κ2) is 7.12. The molecule has 19 heavy (non-hydrogen) atoms. The van der Waals surface area contributed by atoms with Crippen LogP contribution in [0.1, 0.15) is 23.2 Å². The van der Waals surface area contributed by atoms with Crippen LogP contribution in [0.4, 0.5) is 4.39 Å². The average Bonchev–Trinajstić information content (AvgIpc) is 2.42. The Bertz CT molecular complexity index is 447. The largest absolute Gasteiger partial charge is 0.314 e. The lowest BCUT2D eigenvalue weighted by Gasteiger charge is -2.26. The van der Waals surface area contributed by atoms with Crippen LogP contribution in [0, 0.1) is 5.82 Å². The highest BCUT2D eigenvalue weighted by Crippen LogP contribution is 2.17. The van der Waals surface area contributed by atoms with E-state index in [1.165, 1.54) is 6.07 Å². The molecule has 0 bridgehead atoms. The molecule has 0 spiro atoms. The van der Waals surface area contributed by atoms with Crippen molar-refractivity contribution in [3.05, 3.63) is 34.1 Å². The second-order valence-electron chi connectivity index (χ2n) is 4.74. The second-order valence-corrected chi connectivity index (χ2v) is 5.66. The number of nitrogens with zero attached hydrogens (tertiary/aromatic N) is 1. The first-order chi connectivity index (χ1) is 9.16. The van der Waals surface area contributed by atoms with Crippen LogP contribution in [-0.4, -0.2) is 43.4 Å². The van der Waals surface area contributed by atoms with Crippen LogP contribution in [0.5, 0.6) is 0 Å². The minimum absolute atomic E-state index is 0.117. The maximum Gasteiger partial charge on any atom is 0.165 e. The van der Waals surface area contributed by atoms with Crippen molar-refractivity contribution in [1.82, 2.24) is 10.2 Å². The third-order valence-corrected chi connectivity index (χ3v) is 3.81. The Morgan fingerprint density at radius 2 is 2.11 bits per heavy atom. The summed E-state index contributed by atoms with van der Waals surface area (Å²) in [6, 6.07) is 4.49. The standard InChI is InChI=1S/C14H18BrFN2O/c15-11-3-4-13(16)12(10-11)14(19)2-1-7-18-8-5-17-6-9-18/h3-4,10,17H,1-2,5-9H2. The summed E-state index contributed by atoms with van der Waals surface area (Å²) in [4.78, 5) is 14.3. The topological polar surface area (TPSA) is 32.3 Å². The summed E-state index contributed by atoms with van der Waals surface area (Å²) < 4.78 is 14.3. The molecule has 0 atom stereocenters. The normalized spacial score (nSPS) is 16.5. The molecule has 3 nitrogen and oxygen atoms in total. The number of piperazine rings is 1. The Kier molecular flexibility index (Phi) is 5.48. The van der Waals surface area contributed by atoms with Crippen LogP contribution >= 0.6 is 15.9 Å². The molecule has 0 saturated carbocycles. The maximum absolute atomic E-state index is 13.5. The number of halogens is 2. The first kappa shape index (κ1) is 14.6. The van der Waals surface area contributed by atoms with Crippen molar-refractivity contribution in [2.75, 3.05) is 32.7 Å². The Hall–Kier alpha value is -0.780. The Morgan fingerprint density at radius 3 is 2.84 bits per heavy atom. The van der Waals surface area contributed by atoms with Gasteiger partial charge in [0.1, 0.15) is 5.82 Å². The van der Waals surface area contributed by atoms with Gasteiger partial charge in [0.05, 0.1) is 5.56 Å². The molecule has 1 N–H and O–H groups in total. The zero-order chi connectivity index (χ0) is 13.7. The number of hydrogen-bond acceptors (Lipinski definition) is 3. The Balaban J connectivity index is 1.82. The van der Waals surface area contributed by atoms with Crippen molar-refractivity contribution in [3.63, 3.8) is 0 Å². The molecule has 1 fully saturated rings. The zero-order valence-corrected chi connectivity index (χ0v) is 12.4. The van der Waals surface area contributed by atoms with Crippen molar-refractivity contribution >= 4 is 21.7 Å². The van der Waals surface area contributed by atoms with Crippen LogP contribution in [0.25, 0.3) is 0 Å². The molecule has 5 heteroatoms. The highest BCUT2D eigenvalue weighted by molar-refractivity contribution is 9.10. The lowest BCUT2D eigenvalue weighted by atomic mass is 10.1. The molecule has 0 unspecified atom stereocenters. The smallest absolute Gasteiger partial charge is 0.165 e. The number of carbonyl (C=O) groups excluding carboxylic acids is 1. The molecule has 1 aromatic carbocycles. The van der Waals surface area contributed by atoms with E-state index in [1.807, 2.05) is 0 Å². The van der Waals surface area contributed by atoms with E-state index >= 15 is 0 Å². The van der Waals surface area contributed by atoms with Crippen molar-refractivity contribution in [2.45, 2.75) is 12.8 Å². The quantitative estimate of drug-likeness (QED) is 0.843. The minimum atomic E-state index is -0.435. The molecule has 1 aliphatic heterocycles. The van der Waals surface area contributed by atoms with Crippen LogP contribution in [-0.2, 0) is 0 Å². The van der Waals surface area contributed by atoms with Crippen molar-refractivity contribution in [1.29, 1.82) is 0 Å². The van der Waals surface area contributed by atoms with Gasteiger partial charge in [-0.1, -0.05) is 15.9 Å². The van der Waals surface area contributed by atoms with Gasteiger partial charge in [0.2, 0.25) is 0 Å². The highest BCUT2D eigenvalue weighted by Gasteiger charge is 2.14. The average molecular weight is 329 g/mol. The molecule has 104 valence electrons. The fourth-order valence-electron chi connectivity index (χ4n) is 2.24. The first-order valence-corrected chi connectivity index (χ1v) is 7.37. The van der Waals surface area contributed by atoms with Gasteiger partial charge in [-0.3, -0.25) is 4.79 Å². The van der Waals surface area contributed by atoms with Gasteiger partial charge in [0.15, 0.2) is 5.78 Å². The summed E-state index contributed by atoms with van der Waals surface area (Å²) in [6.45, 7) is 4.98. The molecule has 0 amide bonds. The van der Waals surface area contributed by atoms with E-state index in [-0.39, 0.29) is 11.3 Å². The SMILES string of the molecule is O=C(CCCN1CCNCC1)c1cc(Br)ccc1F. The number of benzene rings is 1.